The third-order valence-corrected chi connectivity index (χ3v) is 4.31. The average molecular weight is 361 g/mol. The molecule has 0 spiro atoms. The van der Waals surface area contributed by atoms with Crippen LogP contribution in [0.2, 0.25) is 0 Å². The van der Waals surface area contributed by atoms with Crippen LogP contribution in [0.3, 0.4) is 0 Å². The van der Waals surface area contributed by atoms with Crippen LogP contribution in [0.5, 0.6) is 0 Å². The van der Waals surface area contributed by atoms with Crippen molar-refractivity contribution in [1.82, 2.24) is 15.0 Å². The summed E-state index contributed by atoms with van der Waals surface area (Å²) in [5.41, 5.74) is 2.23. The van der Waals surface area contributed by atoms with Gasteiger partial charge in [0, 0.05) is 36.1 Å². The zero-order valence-electron chi connectivity index (χ0n) is 15.3. The predicted molar refractivity (Wildman–Crippen MR) is 106 cm³/mol. The number of pyridine rings is 2. The summed E-state index contributed by atoms with van der Waals surface area (Å²) in [6, 6.07) is 9.41. The van der Waals surface area contributed by atoms with Gasteiger partial charge < -0.3 is 15.1 Å². The van der Waals surface area contributed by atoms with Crippen molar-refractivity contribution in [3.05, 3.63) is 42.7 Å². The first-order chi connectivity index (χ1) is 13.1. The van der Waals surface area contributed by atoms with Gasteiger partial charge in [-0.05, 0) is 18.2 Å². The maximum absolute atomic E-state index is 12.0. The molecule has 7 heteroatoms. The molecule has 3 aromatic heterocycles. The molecule has 0 saturated heterocycles. The zero-order valence-corrected chi connectivity index (χ0v) is 15.3. The van der Waals surface area contributed by atoms with Gasteiger partial charge in [-0.25, -0.2) is 15.0 Å². The molecule has 0 atom stereocenters. The Balaban J connectivity index is 1.89. The molecule has 0 aliphatic heterocycles. The van der Waals surface area contributed by atoms with E-state index in [9.17, 15) is 4.79 Å². The van der Waals surface area contributed by atoms with E-state index < -0.39 is 0 Å². The van der Waals surface area contributed by atoms with Gasteiger partial charge in [-0.3, -0.25) is 4.79 Å². The van der Waals surface area contributed by atoms with Gasteiger partial charge in [0.05, 0.1) is 5.56 Å². The fourth-order valence-corrected chi connectivity index (χ4v) is 2.83. The molecule has 0 fully saturated rings. The lowest BCUT2D eigenvalue weighted by Crippen LogP contribution is -2.18. The number of nitrogens with one attached hydrogen (secondary N) is 2. The van der Waals surface area contributed by atoms with Crippen LogP contribution in [-0.2, 0) is 4.79 Å². The van der Waals surface area contributed by atoms with Crippen molar-refractivity contribution in [2.75, 3.05) is 17.7 Å². The number of carbonyl (C=O) groups excluding carboxylic acids is 1. The standard InChI is InChI=1S/C20H19N5O2/c1-11(2)19(26)25-17-8-12-13(9-22-17)18(21-3)23-10-14(12)20-24-15-6-4-5-7-16(15)27-20/h4-11H,1-3H3,(H,21,23)(H,22,25,26). The van der Waals surface area contributed by atoms with Gasteiger partial charge in [-0.15, -0.1) is 0 Å². The highest BCUT2D eigenvalue weighted by molar-refractivity contribution is 6.03. The number of carbonyl (C=O) groups is 1. The highest BCUT2D eigenvalue weighted by Gasteiger charge is 2.16. The Morgan fingerprint density at radius 3 is 2.67 bits per heavy atom. The summed E-state index contributed by atoms with van der Waals surface area (Å²) in [6.45, 7) is 3.67. The van der Waals surface area contributed by atoms with E-state index >= 15 is 0 Å². The Morgan fingerprint density at radius 1 is 1.11 bits per heavy atom. The Bertz CT molecular complexity index is 1120. The lowest BCUT2D eigenvalue weighted by atomic mass is 10.1. The lowest BCUT2D eigenvalue weighted by Gasteiger charge is -2.11. The second-order valence-corrected chi connectivity index (χ2v) is 6.52. The normalized spacial score (nSPS) is 11.3. The predicted octanol–water partition coefficient (Wildman–Crippen LogP) is 4.07. The highest BCUT2D eigenvalue weighted by atomic mass is 16.3. The molecule has 2 N–H and O–H groups in total. The summed E-state index contributed by atoms with van der Waals surface area (Å²) < 4.78 is 5.92. The Morgan fingerprint density at radius 2 is 1.93 bits per heavy atom. The maximum Gasteiger partial charge on any atom is 0.229 e. The topological polar surface area (TPSA) is 92.9 Å². The minimum absolute atomic E-state index is 0.0897. The van der Waals surface area contributed by atoms with Gasteiger partial charge in [0.25, 0.3) is 0 Å². The average Bonchev–Trinajstić information content (AvgIpc) is 3.10. The maximum atomic E-state index is 12.0. The number of anilines is 2. The molecule has 7 nitrogen and oxygen atoms in total. The number of aromatic nitrogens is 3. The molecule has 4 aromatic rings. The van der Waals surface area contributed by atoms with Gasteiger partial charge in [0.2, 0.25) is 11.8 Å². The summed E-state index contributed by atoms with van der Waals surface area (Å²) in [4.78, 5) is 25.4. The van der Waals surface area contributed by atoms with Crippen molar-refractivity contribution in [3.8, 4) is 11.5 Å². The van der Waals surface area contributed by atoms with E-state index in [1.165, 1.54) is 0 Å². The molecule has 0 aliphatic carbocycles. The van der Waals surface area contributed by atoms with Crippen LogP contribution in [0.1, 0.15) is 13.8 Å². The first-order valence-electron chi connectivity index (χ1n) is 8.70. The molecule has 136 valence electrons. The molecule has 0 radical (unpaired) electrons. The molecular weight excluding hydrogens is 342 g/mol. The molecule has 1 amide bonds. The molecule has 1 aromatic carbocycles. The number of oxazole rings is 1. The molecule has 3 heterocycles. The summed E-state index contributed by atoms with van der Waals surface area (Å²) >= 11 is 0. The SMILES string of the molecule is CNc1ncc(-c2nc3ccccc3o2)c2cc(NC(=O)C(C)C)ncc12. The molecule has 0 bridgehead atoms. The summed E-state index contributed by atoms with van der Waals surface area (Å²) in [6.07, 6.45) is 3.41. The highest BCUT2D eigenvalue weighted by Crippen LogP contribution is 2.33. The quantitative estimate of drug-likeness (QED) is 0.569. The van der Waals surface area contributed by atoms with Crippen LogP contribution in [0.4, 0.5) is 11.6 Å². The van der Waals surface area contributed by atoms with Gasteiger partial charge in [-0.2, -0.15) is 0 Å². The van der Waals surface area contributed by atoms with Crippen molar-refractivity contribution in [3.63, 3.8) is 0 Å². The molecule has 0 saturated carbocycles. The number of hydrogen-bond donors (Lipinski definition) is 2. The first-order valence-corrected chi connectivity index (χ1v) is 8.70. The largest absolute Gasteiger partial charge is 0.436 e. The van der Waals surface area contributed by atoms with E-state index in [-0.39, 0.29) is 11.8 Å². The van der Waals surface area contributed by atoms with E-state index in [0.717, 1.165) is 21.9 Å². The number of nitrogens with zero attached hydrogens (tertiary/aromatic N) is 3. The van der Waals surface area contributed by atoms with Gasteiger partial charge >= 0.3 is 0 Å². The van der Waals surface area contributed by atoms with Crippen LogP contribution < -0.4 is 10.6 Å². The third-order valence-electron chi connectivity index (χ3n) is 4.31. The molecular formula is C20H19N5O2. The van der Waals surface area contributed by atoms with Crippen LogP contribution >= 0.6 is 0 Å². The van der Waals surface area contributed by atoms with Crippen LogP contribution in [0, 0.1) is 5.92 Å². The number of para-hydroxylation sites is 2. The van der Waals surface area contributed by atoms with Crippen LogP contribution in [-0.4, -0.2) is 27.9 Å². The molecule has 27 heavy (non-hydrogen) atoms. The number of hydrogen-bond acceptors (Lipinski definition) is 6. The summed E-state index contributed by atoms with van der Waals surface area (Å²) in [5.74, 6) is 1.42. The van der Waals surface area contributed by atoms with Crippen LogP contribution in [0.15, 0.2) is 47.1 Å². The zero-order chi connectivity index (χ0) is 19.0. The van der Waals surface area contributed by atoms with E-state index in [4.69, 9.17) is 4.42 Å². The van der Waals surface area contributed by atoms with E-state index in [1.807, 2.05) is 44.2 Å². The molecule has 0 unspecified atom stereocenters. The summed E-state index contributed by atoms with van der Waals surface area (Å²) in [7, 11) is 1.80. The Kier molecular flexibility index (Phi) is 4.19. The monoisotopic (exact) mass is 361 g/mol. The van der Waals surface area contributed by atoms with Gasteiger partial charge in [0.15, 0.2) is 5.58 Å². The van der Waals surface area contributed by atoms with Crippen molar-refractivity contribution in [1.29, 1.82) is 0 Å². The van der Waals surface area contributed by atoms with Gasteiger partial charge in [-0.1, -0.05) is 26.0 Å². The first kappa shape index (κ1) is 17.0. The van der Waals surface area contributed by atoms with E-state index in [2.05, 4.69) is 25.6 Å². The van der Waals surface area contributed by atoms with Crippen molar-refractivity contribution < 1.29 is 9.21 Å². The lowest BCUT2D eigenvalue weighted by molar-refractivity contribution is -0.118. The van der Waals surface area contributed by atoms with Crippen molar-refractivity contribution >= 4 is 39.4 Å². The Labute approximate surface area is 155 Å². The number of rotatable bonds is 4. The minimum Gasteiger partial charge on any atom is -0.436 e. The Hall–Kier alpha value is -3.48. The number of benzene rings is 1. The fraction of sp³-hybridized carbons (Fsp3) is 0.200. The van der Waals surface area contributed by atoms with E-state index in [0.29, 0.717) is 23.1 Å². The third kappa shape index (κ3) is 3.08. The second kappa shape index (κ2) is 6.68. The second-order valence-electron chi connectivity index (χ2n) is 6.52. The summed E-state index contributed by atoms with van der Waals surface area (Å²) in [5, 5.41) is 7.56. The molecule has 0 aliphatic rings. The minimum atomic E-state index is -0.135. The van der Waals surface area contributed by atoms with Crippen LogP contribution in [0.25, 0.3) is 33.3 Å². The van der Waals surface area contributed by atoms with E-state index in [1.54, 1.807) is 19.4 Å². The van der Waals surface area contributed by atoms with Crippen molar-refractivity contribution in [2.45, 2.75) is 13.8 Å². The van der Waals surface area contributed by atoms with Crippen molar-refractivity contribution in [2.24, 2.45) is 5.92 Å². The number of amides is 1. The smallest absolute Gasteiger partial charge is 0.229 e. The molecule has 4 rings (SSSR count). The fourth-order valence-electron chi connectivity index (χ4n) is 2.83. The number of fused-ring (bicyclic) bond motifs is 2. The van der Waals surface area contributed by atoms with Gasteiger partial charge in [0.1, 0.15) is 17.2 Å².